The fraction of sp³-hybridized carbons (Fsp3) is 1.00. The van der Waals surface area contributed by atoms with Crippen LogP contribution in [0.25, 0.3) is 0 Å². The number of hydrogen-bond acceptors (Lipinski definition) is 4. The summed E-state index contributed by atoms with van der Waals surface area (Å²) >= 11 is 0. The van der Waals surface area contributed by atoms with Gasteiger partial charge in [-0.1, -0.05) is 0 Å². The molecule has 0 radical (unpaired) electrons. The van der Waals surface area contributed by atoms with Gasteiger partial charge in [-0.2, -0.15) is 0 Å². The Balaban J connectivity index is 1.71. The molecule has 4 nitrogen and oxygen atoms in total. The van der Waals surface area contributed by atoms with E-state index in [9.17, 15) is 8.42 Å². The smallest absolute Gasteiger partial charge is 0.150 e. The number of sulfone groups is 1. The van der Waals surface area contributed by atoms with E-state index in [0.717, 1.165) is 6.61 Å². The Bertz CT molecular complexity index is 254. The van der Waals surface area contributed by atoms with E-state index < -0.39 is 9.84 Å². The maximum Gasteiger partial charge on any atom is 0.150 e. The summed E-state index contributed by atoms with van der Waals surface area (Å²) in [6.45, 7) is 1.43. The van der Waals surface area contributed by atoms with Crippen LogP contribution in [0.5, 0.6) is 0 Å². The van der Waals surface area contributed by atoms with Gasteiger partial charge in [0.25, 0.3) is 0 Å². The molecule has 0 aromatic rings. The fourth-order valence-corrected chi connectivity index (χ4v) is 2.89. The lowest BCUT2D eigenvalue weighted by Gasteiger charge is -2.21. The molecule has 0 N–H and O–H groups in total. The Morgan fingerprint density at radius 1 is 1.31 bits per heavy atom. The summed E-state index contributed by atoms with van der Waals surface area (Å²) in [6, 6.07) is 0. The van der Waals surface area contributed by atoms with Crippen molar-refractivity contribution in [1.82, 2.24) is 0 Å². The molecule has 0 amide bonds. The Morgan fingerprint density at radius 3 is 2.46 bits per heavy atom. The Hall–Kier alpha value is -0.130. The van der Waals surface area contributed by atoms with Crippen LogP contribution in [0.3, 0.4) is 0 Å². The normalized spacial score (nSPS) is 33.1. The highest BCUT2D eigenvalue weighted by atomic mass is 32.2. The highest BCUT2D eigenvalue weighted by Crippen LogP contribution is 2.17. The van der Waals surface area contributed by atoms with E-state index in [1.165, 1.54) is 0 Å². The van der Waals surface area contributed by atoms with Gasteiger partial charge in [0, 0.05) is 0 Å². The second-order valence-corrected chi connectivity index (χ2v) is 5.94. The summed E-state index contributed by atoms with van der Waals surface area (Å²) in [4.78, 5) is 0. The van der Waals surface area contributed by atoms with Gasteiger partial charge in [-0.3, -0.25) is 0 Å². The van der Waals surface area contributed by atoms with Crippen LogP contribution in [0.15, 0.2) is 0 Å². The molecule has 5 heteroatoms. The van der Waals surface area contributed by atoms with Crippen molar-refractivity contribution < 1.29 is 17.9 Å². The molecule has 1 unspecified atom stereocenters. The third kappa shape index (κ3) is 2.93. The number of epoxide rings is 1. The largest absolute Gasteiger partial charge is 0.375 e. The molecule has 2 aliphatic heterocycles. The van der Waals surface area contributed by atoms with E-state index in [4.69, 9.17) is 9.47 Å². The molecular formula is C8H14O4S. The fourth-order valence-electron chi connectivity index (χ4n) is 1.44. The van der Waals surface area contributed by atoms with E-state index >= 15 is 0 Å². The predicted octanol–water partition coefficient (Wildman–Crippen LogP) is -0.0210. The lowest BCUT2D eigenvalue weighted by molar-refractivity contribution is 0.0369. The minimum atomic E-state index is -2.75. The maximum absolute atomic E-state index is 11.1. The van der Waals surface area contributed by atoms with Crippen molar-refractivity contribution in [3.05, 3.63) is 0 Å². The summed E-state index contributed by atoms with van der Waals surface area (Å²) in [6.07, 6.45) is 1.70. The predicted molar refractivity (Wildman–Crippen MR) is 47.4 cm³/mol. The van der Waals surface area contributed by atoms with Crippen LogP contribution in [0, 0.1) is 0 Å². The minimum absolute atomic E-state index is 0.132. The van der Waals surface area contributed by atoms with E-state index in [1.807, 2.05) is 0 Å². The van der Waals surface area contributed by atoms with Crippen molar-refractivity contribution in [2.75, 3.05) is 24.7 Å². The second kappa shape index (κ2) is 3.55. The lowest BCUT2D eigenvalue weighted by Crippen LogP contribution is -2.29. The van der Waals surface area contributed by atoms with E-state index in [0.29, 0.717) is 19.4 Å². The monoisotopic (exact) mass is 206 g/mol. The van der Waals surface area contributed by atoms with Gasteiger partial charge in [-0.15, -0.1) is 0 Å². The van der Waals surface area contributed by atoms with Crippen molar-refractivity contribution in [1.29, 1.82) is 0 Å². The molecule has 0 spiro atoms. The molecule has 2 fully saturated rings. The summed E-state index contributed by atoms with van der Waals surface area (Å²) < 4.78 is 32.6. The molecule has 0 aromatic carbocycles. The number of hydrogen-bond donors (Lipinski definition) is 0. The zero-order valence-electron chi connectivity index (χ0n) is 7.44. The first-order valence-corrected chi connectivity index (χ1v) is 6.41. The first-order chi connectivity index (χ1) is 6.16. The zero-order valence-corrected chi connectivity index (χ0v) is 8.26. The van der Waals surface area contributed by atoms with Crippen LogP contribution >= 0.6 is 0 Å². The van der Waals surface area contributed by atoms with Crippen molar-refractivity contribution in [3.63, 3.8) is 0 Å². The van der Waals surface area contributed by atoms with Crippen LogP contribution in [0.1, 0.15) is 12.8 Å². The van der Waals surface area contributed by atoms with Gasteiger partial charge in [0.2, 0.25) is 0 Å². The van der Waals surface area contributed by atoms with Crippen molar-refractivity contribution in [2.45, 2.75) is 25.0 Å². The number of ether oxygens (including phenoxy) is 2. The van der Waals surface area contributed by atoms with Gasteiger partial charge < -0.3 is 9.47 Å². The Kier molecular flexibility index (Phi) is 2.58. The highest BCUT2D eigenvalue weighted by Gasteiger charge is 2.27. The SMILES string of the molecule is O=S1(=O)CCC(OCC2CO2)CC1. The molecule has 76 valence electrons. The van der Waals surface area contributed by atoms with Crippen LogP contribution < -0.4 is 0 Å². The molecule has 2 heterocycles. The van der Waals surface area contributed by atoms with Crippen molar-refractivity contribution >= 4 is 9.84 Å². The quantitative estimate of drug-likeness (QED) is 0.609. The zero-order chi connectivity index (χ0) is 9.31. The van der Waals surface area contributed by atoms with Gasteiger partial charge >= 0.3 is 0 Å². The molecule has 13 heavy (non-hydrogen) atoms. The molecule has 2 saturated heterocycles. The van der Waals surface area contributed by atoms with Gasteiger partial charge in [-0.05, 0) is 12.8 Å². The van der Waals surface area contributed by atoms with Crippen LogP contribution in [-0.4, -0.2) is 45.3 Å². The van der Waals surface area contributed by atoms with Crippen LogP contribution in [0.4, 0.5) is 0 Å². The maximum atomic E-state index is 11.1. The van der Waals surface area contributed by atoms with Gasteiger partial charge in [-0.25, -0.2) is 8.42 Å². The lowest BCUT2D eigenvalue weighted by atomic mass is 10.2. The van der Waals surface area contributed by atoms with Crippen LogP contribution in [0.2, 0.25) is 0 Å². The van der Waals surface area contributed by atoms with E-state index in [-0.39, 0.29) is 23.7 Å². The van der Waals surface area contributed by atoms with Crippen molar-refractivity contribution in [2.24, 2.45) is 0 Å². The summed E-state index contributed by atoms with van der Waals surface area (Å²) in [5.74, 6) is 0.562. The topological polar surface area (TPSA) is 55.9 Å². The Labute approximate surface area is 78.1 Å². The first-order valence-electron chi connectivity index (χ1n) is 4.59. The van der Waals surface area contributed by atoms with Gasteiger partial charge in [0.1, 0.15) is 6.10 Å². The first kappa shape index (κ1) is 9.43. The molecule has 0 aromatic heterocycles. The highest BCUT2D eigenvalue weighted by molar-refractivity contribution is 7.91. The second-order valence-electron chi connectivity index (χ2n) is 3.64. The van der Waals surface area contributed by atoms with Gasteiger partial charge in [0.05, 0.1) is 30.8 Å². The summed E-state index contributed by atoms with van der Waals surface area (Å²) in [7, 11) is -2.75. The molecule has 2 aliphatic rings. The summed E-state index contributed by atoms with van der Waals surface area (Å²) in [5.41, 5.74) is 0. The number of rotatable bonds is 3. The molecule has 2 rings (SSSR count). The molecule has 1 atom stereocenters. The standard InChI is InChI=1S/C8H14O4S/c9-13(10)3-1-7(2-4-13)11-5-8-6-12-8/h7-8H,1-6H2. The van der Waals surface area contributed by atoms with Gasteiger partial charge in [0.15, 0.2) is 9.84 Å². The molecular weight excluding hydrogens is 192 g/mol. The molecule has 0 aliphatic carbocycles. The van der Waals surface area contributed by atoms with Crippen molar-refractivity contribution in [3.8, 4) is 0 Å². The molecule has 0 bridgehead atoms. The van der Waals surface area contributed by atoms with E-state index in [1.54, 1.807) is 0 Å². The third-order valence-electron chi connectivity index (χ3n) is 2.42. The van der Waals surface area contributed by atoms with Crippen LogP contribution in [-0.2, 0) is 19.3 Å². The average molecular weight is 206 g/mol. The average Bonchev–Trinajstić information content (AvgIpc) is 2.86. The minimum Gasteiger partial charge on any atom is -0.375 e. The Morgan fingerprint density at radius 2 is 1.92 bits per heavy atom. The third-order valence-corrected chi connectivity index (χ3v) is 4.14. The molecule has 0 saturated carbocycles. The van der Waals surface area contributed by atoms with E-state index in [2.05, 4.69) is 0 Å². The summed E-state index contributed by atoms with van der Waals surface area (Å²) in [5, 5.41) is 0.